The average Bonchev–Trinajstić information content (AvgIpc) is 2.34. The molecule has 4 heteroatoms. The van der Waals surface area contributed by atoms with Crippen molar-refractivity contribution in [3.63, 3.8) is 0 Å². The van der Waals surface area contributed by atoms with E-state index in [1.807, 2.05) is 37.3 Å². The number of benzene rings is 2. The maximum absolute atomic E-state index is 7.53. The Kier molecular flexibility index (Phi) is 3.67. The molecule has 0 aromatic heterocycles. The average molecular weight is 305 g/mol. The summed E-state index contributed by atoms with van der Waals surface area (Å²) >= 11 is 3.41. The summed E-state index contributed by atoms with van der Waals surface area (Å²) in [5.74, 6) is 1.34. The van der Waals surface area contributed by atoms with E-state index < -0.39 is 0 Å². The van der Waals surface area contributed by atoms with Crippen LogP contribution in [-0.2, 0) is 0 Å². The van der Waals surface area contributed by atoms with Crippen molar-refractivity contribution < 1.29 is 4.74 Å². The van der Waals surface area contributed by atoms with Crippen molar-refractivity contribution in [2.45, 2.75) is 6.92 Å². The minimum Gasteiger partial charge on any atom is -0.456 e. The fourth-order valence-corrected chi connectivity index (χ4v) is 1.92. The molecule has 0 amide bonds. The SMILES string of the molecule is Cc1ccc(Br)cc1Oc1ccccc1C(=N)N. The lowest BCUT2D eigenvalue weighted by Gasteiger charge is -2.12. The summed E-state index contributed by atoms with van der Waals surface area (Å²) in [7, 11) is 0. The molecule has 0 saturated carbocycles. The molecule has 2 rings (SSSR count). The molecule has 0 saturated heterocycles. The predicted octanol–water partition coefficient (Wildman–Crippen LogP) is 3.83. The van der Waals surface area contributed by atoms with Crippen molar-refractivity contribution in [3.05, 3.63) is 58.1 Å². The van der Waals surface area contributed by atoms with Crippen LogP contribution in [0.4, 0.5) is 0 Å². The third-order valence-corrected chi connectivity index (χ3v) is 3.04. The molecular weight excluding hydrogens is 292 g/mol. The van der Waals surface area contributed by atoms with Gasteiger partial charge in [-0.05, 0) is 36.8 Å². The third kappa shape index (κ3) is 2.71. The molecule has 0 atom stereocenters. The number of halogens is 1. The Morgan fingerprint density at radius 3 is 2.61 bits per heavy atom. The van der Waals surface area contributed by atoms with Crippen molar-refractivity contribution in [1.82, 2.24) is 0 Å². The normalized spacial score (nSPS) is 10.1. The van der Waals surface area contributed by atoms with E-state index >= 15 is 0 Å². The summed E-state index contributed by atoms with van der Waals surface area (Å²) in [4.78, 5) is 0. The zero-order valence-electron chi connectivity index (χ0n) is 9.91. The Hall–Kier alpha value is -1.81. The fourth-order valence-electron chi connectivity index (χ4n) is 1.58. The van der Waals surface area contributed by atoms with E-state index in [4.69, 9.17) is 15.9 Å². The van der Waals surface area contributed by atoms with Crippen molar-refractivity contribution in [1.29, 1.82) is 5.41 Å². The number of para-hydroxylation sites is 1. The van der Waals surface area contributed by atoms with Gasteiger partial charge in [0.05, 0.1) is 5.56 Å². The molecule has 0 radical (unpaired) electrons. The van der Waals surface area contributed by atoms with Crippen molar-refractivity contribution in [3.8, 4) is 11.5 Å². The van der Waals surface area contributed by atoms with Crippen LogP contribution in [0.1, 0.15) is 11.1 Å². The molecule has 0 spiro atoms. The van der Waals surface area contributed by atoms with Gasteiger partial charge in [0, 0.05) is 4.47 Å². The highest BCUT2D eigenvalue weighted by Gasteiger charge is 2.08. The summed E-state index contributed by atoms with van der Waals surface area (Å²) in [5.41, 5.74) is 7.15. The van der Waals surface area contributed by atoms with Gasteiger partial charge in [0.2, 0.25) is 0 Å². The molecule has 0 bridgehead atoms. The molecular formula is C14H13BrN2O. The van der Waals surface area contributed by atoms with E-state index in [1.54, 1.807) is 12.1 Å². The second kappa shape index (κ2) is 5.23. The summed E-state index contributed by atoms with van der Waals surface area (Å²) in [5, 5.41) is 7.53. The molecule has 0 unspecified atom stereocenters. The van der Waals surface area contributed by atoms with Gasteiger partial charge in [-0.15, -0.1) is 0 Å². The molecule has 2 aromatic rings. The van der Waals surface area contributed by atoms with Gasteiger partial charge in [0.25, 0.3) is 0 Å². The second-order valence-corrected chi connectivity index (χ2v) is 4.84. The van der Waals surface area contributed by atoms with Gasteiger partial charge < -0.3 is 10.5 Å². The molecule has 3 nitrogen and oxygen atoms in total. The van der Waals surface area contributed by atoms with E-state index in [-0.39, 0.29) is 5.84 Å². The highest BCUT2D eigenvalue weighted by Crippen LogP contribution is 2.29. The highest BCUT2D eigenvalue weighted by atomic mass is 79.9. The van der Waals surface area contributed by atoms with Gasteiger partial charge in [0.1, 0.15) is 17.3 Å². The summed E-state index contributed by atoms with van der Waals surface area (Å²) in [6.07, 6.45) is 0. The Labute approximate surface area is 114 Å². The molecule has 2 aromatic carbocycles. The number of rotatable bonds is 3. The molecule has 0 aliphatic carbocycles. The number of ether oxygens (including phenoxy) is 1. The fraction of sp³-hybridized carbons (Fsp3) is 0.0714. The van der Waals surface area contributed by atoms with Crippen LogP contribution in [0.3, 0.4) is 0 Å². The van der Waals surface area contributed by atoms with E-state index in [9.17, 15) is 0 Å². The Morgan fingerprint density at radius 2 is 1.89 bits per heavy atom. The van der Waals surface area contributed by atoms with Crippen molar-refractivity contribution in [2.24, 2.45) is 5.73 Å². The lowest BCUT2D eigenvalue weighted by Crippen LogP contribution is -2.12. The number of hydrogen-bond acceptors (Lipinski definition) is 2. The van der Waals surface area contributed by atoms with Crippen LogP contribution in [0.25, 0.3) is 0 Å². The van der Waals surface area contributed by atoms with E-state index in [1.165, 1.54) is 0 Å². The second-order valence-electron chi connectivity index (χ2n) is 3.92. The first-order valence-electron chi connectivity index (χ1n) is 5.45. The van der Waals surface area contributed by atoms with Gasteiger partial charge in [-0.3, -0.25) is 5.41 Å². The highest BCUT2D eigenvalue weighted by molar-refractivity contribution is 9.10. The van der Waals surface area contributed by atoms with Gasteiger partial charge in [-0.25, -0.2) is 0 Å². The van der Waals surface area contributed by atoms with Crippen LogP contribution < -0.4 is 10.5 Å². The summed E-state index contributed by atoms with van der Waals surface area (Å²) in [6.45, 7) is 1.97. The minimum atomic E-state index is -0.00162. The standard InChI is InChI=1S/C14H13BrN2O/c1-9-6-7-10(15)8-13(9)18-12-5-3-2-4-11(12)14(16)17/h2-8H,1H3,(H3,16,17). The predicted molar refractivity (Wildman–Crippen MR) is 76.4 cm³/mol. The first kappa shape index (κ1) is 12.6. The van der Waals surface area contributed by atoms with E-state index in [0.29, 0.717) is 11.3 Å². The molecule has 3 N–H and O–H groups in total. The van der Waals surface area contributed by atoms with Crippen LogP contribution in [-0.4, -0.2) is 5.84 Å². The van der Waals surface area contributed by atoms with Crippen molar-refractivity contribution in [2.75, 3.05) is 0 Å². The quantitative estimate of drug-likeness (QED) is 0.668. The third-order valence-electron chi connectivity index (χ3n) is 2.55. The van der Waals surface area contributed by atoms with Gasteiger partial charge in [-0.2, -0.15) is 0 Å². The smallest absolute Gasteiger partial charge is 0.138 e. The molecule has 18 heavy (non-hydrogen) atoms. The van der Waals surface area contributed by atoms with Crippen molar-refractivity contribution >= 4 is 21.8 Å². The van der Waals surface area contributed by atoms with Crippen LogP contribution in [0.5, 0.6) is 11.5 Å². The Balaban J connectivity index is 2.40. The van der Waals surface area contributed by atoms with Crippen LogP contribution in [0, 0.1) is 12.3 Å². The van der Waals surface area contributed by atoms with Gasteiger partial charge in [-0.1, -0.05) is 34.1 Å². The minimum absolute atomic E-state index is 0.00162. The zero-order chi connectivity index (χ0) is 13.1. The van der Waals surface area contributed by atoms with Crippen LogP contribution in [0.15, 0.2) is 46.9 Å². The van der Waals surface area contributed by atoms with Gasteiger partial charge in [0.15, 0.2) is 0 Å². The lowest BCUT2D eigenvalue weighted by molar-refractivity contribution is 0.477. The zero-order valence-corrected chi connectivity index (χ0v) is 11.5. The van der Waals surface area contributed by atoms with E-state index in [2.05, 4.69) is 15.9 Å². The number of nitrogens with one attached hydrogen (secondary N) is 1. The summed E-state index contributed by atoms with van der Waals surface area (Å²) in [6, 6.07) is 13.1. The van der Waals surface area contributed by atoms with E-state index in [0.717, 1.165) is 15.8 Å². The number of amidine groups is 1. The molecule has 0 aliphatic heterocycles. The molecule has 0 aliphatic rings. The number of aryl methyl sites for hydroxylation is 1. The maximum atomic E-state index is 7.53. The molecule has 0 fully saturated rings. The van der Waals surface area contributed by atoms with Crippen LogP contribution >= 0.6 is 15.9 Å². The number of hydrogen-bond donors (Lipinski definition) is 2. The topological polar surface area (TPSA) is 59.1 Å². The summed E-state index contributed by atoms with van der Waals surface area (Å²) < 4.78 is 6.78. The number of nitrogens with two attached hydrogens (primary N) is 1. The van der Waals surface area contributed by atoms with Crippen LogP contribution in [0.2, 0.25) is 0 Å². The number of nitrogen functional groups attached to an aromatic ring is 1. The molecule has 0 heterocycles. The molecule has 92 valence electrons. The Bertz CT molecular complexity index is 596. The first-order valence-corrected chi connectivity index (χ1v) is 6.24. The van der Waals surface area contributed by atoms with Gasteiger partial charge >= 0.3 is 0 Å². The maximum Gasteiger partial charge on any atom is 0.138 e. The largest absolute Gasteiger partial charge is 0.456 e. The monoisotopic (exact) mass is 304 g/mol. The Morgan fingerprint density at radius 1 is 1.17 bits per heavy atom. The first-order chi connectivity index (χ1) is 8.58. The lowest BCUT2D eigenvalue weighted by atomic mass is 10.2.